The third kappa shape index (κ3) is 59.8. The molecule has 440 valence electrons. The zero-order valence-electron chi connectivity index (χ0n) is 50.4. The van der Waals surface area contributed by atoms with E-state index in [4.69, 9.17) is 4.74 Å². The topological polar surface area (TPSA) is 95.9 Å². The molecule has 6 heteroatoms. The molecule has 0 aromatic rings. The molecular weight excluding hydrogens is 911 g/mol. The largest absolute Gasteiger partial charge is 0.466 e. The lowest BCUT2D eigenvalue weighted by Crippen LogP contribution is -2.45. The molecule has 0 aliphatic heterocycles. The molecule has 0 fully saturated rings. The smallest absolute Gasteiger partial charge is 0.305 e. The number of carbonyl (C=O) groups is 2. The molecule has 1 amide bonds. The highest BCUT2D eigenvalue weighted by Crippen LogP contribution is 2.19. The Hall–Kier alpha value is -1.40. The minimum atomic E-state index is -0.844. The highest BCUT2D eigenvalue weighted by atomic mass is 16.5. The van der Waals surface area contributed by atoms with Crippen LogP contribution in [-0.2, 0) is 14.3 Å². The number of carbonyl (C=O) groups excluding carboxylic acids is 2. The molecule has 0 spiro atoms. The molecule has 0 aliphatic carbocycles. The Kier molecular flexibility index (Phi) is 62.9. The van der Waals surface area contributed by atoms with Gasteiger partial charge in [0.05, 0.1) is 25.4 Å². The number of amides is 1. The maximum Gasteiger partial charge on any atom is 0.305 e. The molecule has 0 saturated carbocycles. The molecule has 0 radical (unpaired) electrons. The Morgan fingerprint density at radius 3 is 0.919 bits per heavy atom. The van der Waals surface area contributed by atoms with Gasteiger partial charge in [-0.25, -0.2) is 0 Å². The number of esters is 1. The van der Waals surface area contributed by atoms with Crippen LogP contribution in [-0.4, -0.2) is 47.4 Å². The summed E-state index contributed by atoms with van der Waals surface area (Å²) in [5.74, 6) is -0.0457. The lowest BCUT2D eigenvalue weighted by atomic mass is 10.0. The van der Waals surface area contributed by atoms with Crippen LogP contribution < -0.4 is 5.32 Å². The Labute approximate surface area is 463 Å². The van der Waals surface area contributed by atoms with Crippen molar-refractivity contribution in [3.63, 3.8) is 0 Å². The van der Waals surface area contributed by atoms with Gasteiger partial charge in [0.15, 0.2) is 0 Å². The monoisotopic (exact) mass is 1040 g/mol. The standard InChI is InChI=1S/C68H133NO5/c1-3-5-7-9-11-13-15-17-19-20-26-29-33-36-40-44-48-52-56-60-66(71)65(64-70)69-67(72)61-57-53-49-45-41-37-34-30-27-24-22-21-23-25-28-31-35-39-43-47-51-55-59-63-74-68(73)62-58-54-50-46-42-38-32-18-16-14-12-10-8-6-4-2/h56,60,65-66,70-71H,3-55,57-59,61-64H2,1-2H3,(H,69,72)/b60-56+. The summed E-state index contributed by atoms with van der Waals surface area (Å²) in [6, 6.07) is -0.627. The van der Waals surface area contributed by atoms with Gasteiger partial charge in [0.1, 0.15) is 0 Å². The van der Waals surface area contributed by atoms with E-state index in [-0.39, 0.29) is 18.5 Å². The highest BCUT2D eigenvalue weighted by molar-refractivity contribution is 5.76. The second kappa shape index (κ2) is 64.1. The van der Waals surface area contributed by atoms with Gasteiger partial charge < -0.3 is 20.3 Å². The summed E-state index contributed by atoms with van der Waals surface area (Å²) in [5, 5.41) is 23.2. The third-order valence-electron chi connectivity index (χ3n) is 16.1. The molecule has 3 N–H and O–H groups in total. The second-order valence-corrected chi connectivity index (χ2v) is 23.5. The van der Waals surface area contributed by atoms with E-state index in [0.29, 0.717) is 19.4 Å². The van der Waals surface area contributed by atoms with Gasteiger partial charge >= 0.3 is 5.97 Å². The molecule has 0 aromatic carbocycles. The summed E-state index contributed by atoms with van der Waals surface area (Å²) >= 11 is 0. The molecule has 0 aromatic heterocycles. The minimum Gasteiger partial charge on any atom is -0.466 e. The number of allylic oxidation sites excluding steroid dienone is 1. The molecule has 2 atom stereocenters. The van der Waals surface area contributed by atoms with E-state index < -0.39 is 12.1 Å². The van der Waals surface area contributed by atoms with Gasteiger partial charge in [0, 0.05) is 12.8 Å². The maximum absolute atomic E-state index is 12.5. The van der Waals surface area contributed by atoms with E-state index >= 15 is 0 Å². The predicted molar refractivity (Wildman–Crippen MR) is 324 cm³/mol. The summed E-state index contributed by atoms with van der Waals surface area (Å²) in [5.41, 5.74) is 0. The van der Waals surface area contributed by atoms with Crippen molar-refractivity contribution in [2.45, 2.75) is 398 Å². The Bertz CT molecular complexity index is 1110. The number of ether oxygens (including phenoxy) is 1. The quantitative estimate of drug-likeness (QED) is 0.0320. The van der Waals surface area contributed by atoms with Crippen LogP contribution in [0.25, 0.3) is 0 Å². The lowest BCUT2D eigenvalue weighted by Gasteiger charge is -2.20. The van der Waals surface area contributed by atoms with Crippen molar-refractivity contribution < 1.29 is 24.5 Å². The van der Waals surface area contributed by atoms with Crippen molar-refractivity contribution in [2.75, 3.05) is 13.2 Å². The number of aliphatic hydroxyl groups is 2. The second-order valence-electron chi connectivity index (χ2n) is 23.5. The average molecular weight is 1040 g/mol. The first-order valence-corrected chi connectivity index (χ1v) is 34.0. The number of rotatable bonds is 64. The number of unbranched alkanes of at least 4 members (excludes halogenated alkanes) is 53. The van der Waals surface area contributed by atoms with E-state index in [2.05, 4.69) is 19.2 Å². The van der Waals surface area contributed by atoms with E-state index in [9.17, 15) is 19.8 Å². The van der Waals surface area contributed by atoms with E-state index in [0.717, 1.165) is 38.5 Å². The van der Waals surface area contributed by atoms with Crippen molar-refractivity contribution in [2.24, 2.45) is 0 Å². The van der Waals surface area contributed by atoms with E-state index in [1.54, 1.807) is 6.08 Å². The minimum absolute atomic E-state index is 0.0178. The molecule has 0 saturated heterocycles. The number of hydrogen-bond acceptors (Lipinski definition) is 5. The molecule has 74 heavy (non-hydrogen) atoms. The van der Waals surface area contributed by atoms with Crippen LogP contribution in [0.15, 0.2) is 12.2 Å². The van der Waals surface area contributed by atoms with Crippen molar-refractivity contribution in [3.05, 3.63) is 12.2 Å². The van der Waals surface area contributed by atoms with Crippen LogP contribution in [0.3, 0.4) is 0 Å². The zero-order valence-corrected chi connectivity index (χ0v) is 50.4. The number of aliphatic hydroxyl groups excluding tert-OH is 2. The van der Waals surface area contributed by atoms with Crippen LogP contribution in [0, 0.1) is 0 Å². The van der Waals surface area contributed by atoms with Crippen LogP contribution in [0.5, 0.6) is 0 Å². The lowest BCUT2D eigenvalue weighted by molar-refractivity contribution is -0.143. The highest BCUT2D eigenvalue weighted by Gasteiger charge is 2.18. The van der Waals surface area contributed by atoms with Gasteiger partial charge in [-0.2, -0.15) is 0 Å². The van der Waals surface area contributed by atoms with Crippen molar-refractivity contribution in [1.82, 2.24) is 5.32 Å². The molecule has 6 nitrogen and oxygen atoms in total. The van der Waals surface area contributed by atoms with Crippen molar-refractivity contribution in [3.8, 4) is 0 Å². The SMILES string of the molecule is CCCCCCCCCCCCCCCCCCC/C=C/C(O)C(CO)NC(=O)CCCCCCCCCCCCCCCCCCCCCCCCCOC(=O)CCCCCCCCCCCCCCCCC. The fourth-order valence-electron chi connectivity index (χ4n) is 10.9. The third-order valence-corrected chi connectivity index (χ3v) is 16.1. The van der Waals surface area contributed by atoms with Crippen molar-refractivity contribution in [1.29, 1.82) is 0 Å². The van der Waals surface area contributed by atoms with E-state index in [1.807, 2.05) is 6.08 Å². The molecule has 0 bridgehead atoms. The van der Waals surface area contributed by atoms with Gasteiger partial charge in [-0.1, -0.05) is 353 Å². The predicted octanol–water partition coefficient (Wildman–Crippen LogP) is 21.6. The van der Waals surface area contributed by atoms with Gasteiger partial charge in [-0.15, -0.1) is 0 Å². The van der Waals surface area contributed by atoms with E-state index in [1.165, 1.54) is 321 Å². The first kappa shape index (κ1) is 72.6. The summed E-state index contributed by atoms with van der Waals surface area (Å²) in [4.78, 5) is 24.6. The molecule has 0 rings (SSSR count). The van der Waals surface area contributed by atoms with Crippen LogP contribution in [0.4, 0.5) is 0 Å². The summed E-state index contributed by atoms with van der Waals surface area (Å²) < 4.78 is 5.50. The Balaban J connectivity index is 3.38. The molecule has 2 unspecified atom stereocenters. The van der Waals surface area contributed by atoms with Crippen LogP contribution in [0.2, 0.25) is 0 Å². The molecule has 0 heterocycles. The normalized spacial score (nSPS) is 12.5. The summed E-state index contributed by atoms with van der Waals surface area (Å²) in [6.07, 6.45) is 78.4. The molecule has 0 aliphatic rings. The van der Waals surface area contributed by atoms with Crippen LogP contribution in [0.1, 0.15) is 386 Å². The fourth-order valence-corrected chi connectivity index (χ4v) is 10.9. The number of hydrogen-bond donors (Lipinski definition) is 3. The molecular formula is C68H133NO5. The van der Waals surface area contributed by atoms with Crippen LogP contribution >= 0.6 is 0 Å². The average Bonchev–Trinajstić information content (AvgIpc) is 3.40. The van der Waals surface area contributed by atoms with Gasteiger partial charge in [0.2, 0.25) is 5.91 Å². The Morgan fingerprint density at radius 2 is 0.622 bits per heavy atom. The van der Waals surface area contributed by atoms with Gasteiger partial charge in [0.25, 0.3) is 0 Å². The fraction of sp³-hybridized carbons (Fsp3) is 0.941. The number of nitrogens with one attached hydrogen (secondary N) is 1. The van der Waals surface area contributed by atoms with Crippen molar-refractivity contribution >= 4 is 11.9 Å². The first-order valence-electron chi connectivity index (χ1n) is 34.0. The van der Waals surface area contributed by atoms with Gasteiger partial charge in [-0.3, -0.25) is 9.59 Å². The van der Waals surface area contributed by atoms with Gasteiger partial charge in [-0.05, 0) is 32.1 Å². The zero-order chi connectivity index (χ0) is 53.6. The Morgan fingerprint density at radius 1 is 0.365 bits per heavy atom. The summed E-state index contributed by atoms with van der Waals surface area (Å²) in [7, 11) is 0. The first-order chi connectivity index (χ1) is 36.5. The maximum atomic E-state index is 12.5. The summed E-state index contributed by atoms with van der Waals surface area (Å²) in [6.45, 7) is 4.95.